The molecule has 0 radical (unpaired) electrons. The van der Waals surface area contributed by atoms with Crippen LogP contribution in [0.3, 0.4) is 0 Å². The summed E-state index contributed by atoms with van der Waals surface area (Å²) in [5, 5.41) is 8.88. The molecule has 20 heavy (non-hydrogen) atoms. The normalized spacial score (nSPS) is 21.9. The smallest absolute Gasteiger partial charge is 0.227 e. The van der Waals surface area contributed by atoms with Gasteiger partial charge in [-0.3, -0.25) is 4.79 Å². The van der Waals surface area contributed by atoms with Crippen LogP contribution in [0.15, 0.2) is 30.3 Å². The molecular weight excluding hydrogens is 254 g/mol. The highest BCUT2D eigenvalue weighted by molar-refractivity contribution is 5.79. The topological polar surface area (TPSA) is 79.3 Å². The second-order valence-electron chi connectivity index (χ2n) is 5.00. The molecule has 0 spiro atoms. The van der Waals surface area contributed by atoms with E-state index in [0.29, 0.717) is 19.7 Å². The number of nitrogens with zero attached hydrogens (tertiary/aromatic N) is 2. The first kappa shape index (κ1) is 14.5. The number of nitriles is 1. The Labute approximate surface area is 118 Å². The maximum atomic E-state index is 12.5. The SMILES string of the molecule is CC(C(=O)N1CCOC(C#N)C1)C(N)c1ccccc1. The van der Waals surface area contributed by atoms with Crippen molar-refractivity contribution in [1.29, 1.82) is 5.26 Å². The number of carbonyl (C=O) groups is 1. The van der Waals surface area contributed by atoms with Crippen molar-refractivity contribution in [2.75, 3.05) is 19.7 Å². The van der Waals surface area contributed by atoms with E-state index in [9.17, 15) is 4.79 Å². The Morgan fingerprint density at radius 2 is 2.20 bits per heavy atom. The Bertz CT molecular complexity index is 498. The second-order valence-corrected chi connectivity index (χ2v) is 5.00. The van der Waals surface area contributed by atoms with Crippen LogP contribution in [-0.4, -0.2) is 36.6 Å². The van der Waals surface area contributed by atoms with Crippen molar-refractivity contribution >= 4 is 5.91 Å². The fourth-order valence-electron chi connectivity index (χ4n) is 2.33. The molecule has 106 valence electrons. The highest BCUT2D eigenvalue weighted by Gasteiger charge is 2.30. The van der Waals surface area contributed by atoms with E-state index >= 15 is 0 Å². The summed E-state index contributed by atoms with van der Waals surface area (Å²) < 4.78 is 5.25. The third-order valence-corrected chi connectivity index (χ3v) is 3.63. The lowest BCUT2D eigenvalue weighted by Gasteiger charge is -2.33. The molecule has 0 aliphatic carbocycles. The summed E-state index contributed by atoms with van der Waals surface area (Å²) in [5.41, 5.74) is 7.11. The number of nitrogens with two attached hydrogens (primary N) is 1. The first-order valence-corrected chi connectivity index (χ1v) is 6.74. The number of ether oxygens (including phenoxy) is 1. The van der Waals surface area contributed by atoms with E-state index in [2.05, 4.69) is 0 Å². The number of amides is 1. The number of benzene rings is 1. The molecule has 0 aromatic heterocycles. The lowest BCUT2D eigenvalue weighted by atomic mass is 9.94. The maximum absolute atomic E-state index is 12.5. The van der Waals surface area contributed by atoms with Gasteiger partial charge >= 0.3 is 0 Å². The van der Waals surface area contributed by atoms with Gasteiger partial charge in [0.2, 0.25) is 5.91 Å². The van der Waals surface area contributed by atoms with Crippen LogP contribution in [0.25, 0.3) is 0 Å². The highest BCUT2D eigenvalue weighted by atomic mass is 16.5. The number of hydrogen-bond donors (Lipinski definition) is 1. The molecule has 1 fully saturated rings. The quantitative estimate of drug-likeness (QED) is 0.893. The van der Waals surface area contributed by atoms with E-state index in [0.717, 1.165) is 5.56 Å². The molecule has 1 aliphatic heterocycles. The van der Waals surface area contributed by atoms with Crippen molar-refractivity contribution in [1.82, 2.24) is 4.90 Å². The van der Waals surface area contributed by atoms with Gasteiger partial charge in [-0.2, -0.15) is 5.26 Å². The standard InChI is InChI=1S/C15H19N3O2/c1-11(14(17)12-5-3-2-4-6-12)15(19)18-7-8-20-13(9-16)10-18/h2-6,11,13-14H,7-8,10,17H2,1H3. The van der Waals surface area contributed by atoms with Gasteiger partial charge < -0.3 is 15.4 Å². The van der Waals surface area contributed by atoms with Gasteiger partial charge in [-0.05, 0) is 5.56 Å². The predicted octanol–water partition coefficient (Wildman–Crippen LogP) is 1.07. The Hall–Kier alpha value is -1.90. The molecule has 0 saturated carbocycles. The van der Waals surface area contributed by atoms with Crippen LogP contribution in [0.5, 0.6) is 0 Å². The summed E-state index contributed by atoms with van der Waals surface area (Å²) in [6.07, 6.45) is -0.534. The van der Waals surface area contributed by atoms with Gasteiger partial charge in [0.15, 0.2) is 6.10 Å². The Morgan fingerprint density at radius 1 is 1.50 bits per heavy atom. The zero-order valence-corrected chi connectivity index (χ0v) is 11.5. The average molecular weight is 273 g/mol. The van der Waals surface area contributed by atoms with E-state index < -0.39 is 6.10 Å². The number of hydrogen-bond acceptors (Lipinski definition) is 4. The molecule has 2 N–H and O–H groups in total. The summed E-state index contributed by atoms with van der Waals surface area (Å²) >= 11 is 0. The highest BCUT2D eigenvalue weighted by Crippen LogP contribution is 2.22. The molecule has 1 saturated heterocycles. The van der Waals surface area contributed by atoms with Crippen LogP contribution >= 0.6 is 0 Å². The minimum atomic E-state index is -0.534. The Morgan fingerprint density at radius 3 is 2.85 bits per heavy atom. The fraction of sp³-hybridized carbons (Fsp3) is 0.467. The number of morpholine rings is 1. The van der Waals surface area contributed by atoms with E-state index in [1.165, 1.54) is 0 Å². The summed E-state index contributed by atoms with van der Waals surface area (Å²) in [5.74, 6) is -0.347. The van der Waals surface area contributed by atoms with Crippen molar-refractivity contribution in [3.05, 3.63) is 35.9 Å². The molecule has 0 bridgehead atoms. The zero-order valence-electron chi connectivity index (χ0n) is 11.5. The lowest BCUT2D eigenvalue weighted by Crippen LogP contribution is -2.48. The largest absolute Gasteiger partial charge is 0.360 e. The molecule has 1 aliphatic rings. The number of rotatable bonds is 3. The van der Waals surface area contributed by atoms with Crippen molar-refractivity contribution in [3.63, 3.8) is 0 Å². The molecule has 3 unspecified atom stereocenters. The maximum Gasteiger partial charge on any atom is 0.227 e. The zero-order chi connectivity index (χ0) is 14.5. The molecule has 5 nitrogen and oxygen atoms in total. The average Bonchev–Trinajstić information content (AvgIpc) is 2.53. The Balaban J connectivity index is 2.03. The van der Waals surface area contributed by atoms with Gasteiger partial charge in [-0.25, -0.2) is 0 Å². The third-order valence-electron chi connectivity index (χ3n) is 3.63. The third kappa shape index (κ3) is 3.16. The molecule has 3 atom stereocenters. The van der Waals surface area contributed by atoms with Gasteiger partial charge in [-0.1, -0.05) is 37.3 Å². The monoisotopic (exact) mass is 273 g/mol. The molecule has 2 rings (SSSR count). The number of carbonyl (C=O) groups excluding carboxylic acids is 1. The summed E-state index contributed by atoms with van der Waals surface area (Å²) in [6.45, 7) is 3.07. The van der Waals surface area contributed by atoms with Crippen LogP contribution < -0.4 is 5.73 Å². The summed E-state index contributed by atoms with van der Waals surface area (Å²) in [4.78, 5) is 14.1. The van der Waals surface area contributed by atoms with E-state index in [1.54, 1.807) is 4.90 Å². The van der Waals surface area contributed by atoms with Gasteiger partial charge in [0.25, 0.3) is 0 Å². The van der Waals surface area contributed by atoms with Gasteiger partial charge in [0.05, 0.1) is 25.1 Å². The first-order valence-electron chi connectivity index (χ1n) is 6.74. The van der Waals surface area contributed by atoms with Crippen LogP contribution in [0.4, 0.5) is 0 Å². The van der Waals surface area contributed by atoms with Crippen molar-refractivity contribution < 1.29 is 9.53 Å². The van der Waals surface area contributed by atoms with Crippen LogP contribution in [0.1, 0.15) is 18.5 Å². The molecule has 5 heteroatoms. The van der Waals surface area contributed by atoms with Crippen LogP contribution in [0, 0.1) is 17.2 Å². The van der Waals surface area contributed by atoms with Crippen LogP contribution in [0.2, 0.25) is 0 Å². The molecular formula is C15H19N3O2. The molecule has 1 aromatic rings. The van der Waals surface area contributed by atoms with Crippen molar-refractivity contribution in [3.8, 4) is 6.07 Å². The first-order chi connectivity index (χ1) is 9.63. The second kappa shape index (κ2) is 6.51. The van der Waals surface area contributed by atoms with E-state index in [-0.39, 0.29) is 17.9 Å². The Kier molecular flexibility index (Phi) is 4.72. The van der Waals surface area contributed by atoms with Gasteiger partial charge in [-0.15, -0.1) is 0 Å². The van der Waals surface area contributed by atoms with Crippen molar-refractivity contribution in [2.24, 2.45) is 11.7 Å². The molecule has 1 amide bonds. The molecule has 1 heterocycles. The fourth-order valence-corrected chi connectivity index (χ4v) is 2.33. The minimum absolute atomic E-state index is 0.0232. The predicted molar refractivity (Wildman–Crippen MR) is 74.5 cm³/mol. The minimum Gasteiger partial charge on any atom is -0.360 e. The lowest BCUT2D eigenvalue weighted by molar-refractivity contribution is -0.141. The van der Waals surface area contributed by atoms with Gasteiger partial charge in [0.1, 0.15) is 0 Å². The van der Waals surface area contributed by atoms with E-state index in [1.807, 2.05) is 43.3 Å². The van der Waals surface area contributed by atoms with Crippen LogP contribution in [-0.2, 0) is 9.53 Å². The summed E-state index contributed by atoms with van der Waals surface area (Å²) in [6, 6.07) is 11.3. The molecule has 1 aromatic carbocycles. The van der Waals surface area contributed by atoms with Gasteiger partial charge in [0, 0.05) is 12.6 Å². The van der Waals surface area contributed by atoms with E-state index in [4.69, 9.17) is 15.7 Å². The van der Waals surface area contributed by atoms with Crippen molar-refractivity contribution in [2.45, 2.75) is 19.1 Å². The summed E-state index contributed by atoms with van der Waals surface area (Å²) in [7, 11) is 0.